The number of rotatable bonds is 6. The van der Waals surface area contributed by atoms with Gasteiger partial charge in [0.2, 0.25) is 0 Å². The summed E-state index contributed by atoms with van der Waals surface area (Å²) in [6, 6.07) is 4.85. The maximum absolute atomic E-state index is 11.3. The number of benzene rings is 1. The zero-order valence-electron chi connectivity index (χ0n) is 9.53. The van der Waals surface area contributed by atoms with E-state index in [0.717, 1.165) is 0 Å². The summed E-state index contributed by atoms with van der Waals surface area (Å²) in [5.74, 6) is 0.167. The zero-order valence-corrected chi connectivity index (χ0v) is 10.3. The van der Waals surface area contributed by atoms with Gasteiger partial charge in [-0.25, -0.2) is 0 Å². The number of carbonyl (C=O) groups is 1. The number of carbonyl (C=O) groups excluding carboxylic acids is 1. The molecule has 0 spiro atoms. The van der Waals surface area contributed by atoms with Crippen LogP contribution < -0.4 is 15.8 Å². The molecule has 0 aliphatic rings. The second-order valence-electron chi connectivity index (χ2n) is 3.31. The second-order valence-corrected chi connectivity index (χ2v) is 3.75. The van der Waals surface area contributed by atoms with E-state index in [4.69, 9.17) is 26.8 Å². The summed E-state index contributed by atoms with van der Waals surface area (Å²) in [7, 11) is 1.56. The number of nitrogen functional groups attached to an aromatic ring is 1. The lowest BCUT2D eigenvalue weighted by atomic mass is 10.3. The number of methoxy groups -OCH3 is 1. The molecule has 94 valence electrons. The molecular formula is C11H15ClN2O3. The number of hydrogen-bond acceptors (Lipinski definition) is 4. The van der Waals surface area contributed by atoms with Gasteiger partial charge < -0.3 is 20.5 Å². The third-order valence-corrected chi connectivity index (χ3v) is 2.20. The van der Waals surface area contributed by atoms with Gasteiger partial charge in [-0.2, -0.15) is 0 Å². The van der Waals surface area contributed by atoms with E-state index in [1.807, 2.05) is 0 Å². The highest BCUT2D eigenvalue weighted by Gasteiger charge is 2.05. The predicted octanol–water partition coefficient (Wildman–Crippen LogP) is 1.06. The van der Waals surface area contributed by atoms with Crippen LogP contribution in [0.5, 0.6) is 5.75 Å². The molecule has 0 saturated heterocycles. The third kappa shape index (κ3) is 4.93. The first-order valence-electron chi connectivity index (χ1n) is 5.07. The average Bonchev–Trinajstić information content (AvgIpc) is 2.31. The highest BCUT2D eigenvalue weighted by atomic mass is 35.5. The van der Waals surface area contributed by atoms with Crippen LogP contribution in [0, 0.1) is 0 Å². The van der Waals surface area contributed by atoms with Crippen molar-refractivity contribution in [3.8, 4) is 5.75 Å². The fraction of sp³-hybridized carbons (Fsp3) is 0.364. The minimum Gasteiger partial charge on any atom is -0.482 e. The Bertz CT molecular complexity index is 385. The minimum absolute atomic E-state index is 0.103. The lowest BCUT2D eigenvalue weighted by Crippen LogP contribution is -2.31. The molecule has 1 rings (SSSR count). The highest BCUT2D eigenvalue weighted by Crippen LogP contribution is 2.25. The first-order chi connectivity index (χ1) is 8.13. The van der Waals surface area contributed by atoms with Crippen molar-refractivity contribution >= 4 is 23.2 Å². The van der Waals surface area contributed by atoms with E-state index in [0.29, 0.717) is 29.6 Å². The van der Waals surface area contributed by atoms with E-state index >= 15 is 0 Å². The molecule has 17 heavy (non-hydrogen) atoms. The van der Waals surface area contributed by atoms with Gasteiger partial charge >= 0.3 is 0 Å². The quantitative estimate of drug-likeness (QED) is 0.591. The van der Waals surface area contributed by atoms with Crippen molar-refractivity contribution in [2.45, 2.75) is 0 Å². The summed E-state index contributed by atoms with van der Waals surface area (Å²) in [6.07, 6.45) is 0. The van der Waals surface area contributed by atoms with Crippen molar-refractivity contribution in [2.75, 3.05) is 32.6 Å². The predicted molar refractivity (Wildman–Crippen MR) is 66.2 cm³/mol. The molecule has 0 fully saturated rings. The van der Waals surface area contributed by atoms with Crippen molar-refractivity contribution in [1.29, 1.82) is 0 Å². The Labute approximate surface area is 105 Å². The topological polar surface area (TPSA) is 73.6 Å². The number of nitrogens with one attached hydrogen (secondary N) is 1. The fourth-order valence-electron chi connectivity index (χ4n) is 1.12. The van der Waals surface area contributed by atoms with Crippen LogP contribution in [0.1, 0.15) is 0 Å². The molecule has 0 heterocycles. The normalized spacial score (nSPS) is 10.0. The Morgan fingerprint density at radius 1 is 1.53 bits per heavy atom. The van der Waals surface area contributed by atoms with Gasteiger partial charge in [0.15, 0.2) is 6.61 Å². The Balaban J connectivity index is 2.39. The summed E-state index contributed by atoms with van der Waals surface area (Å²) >= 11 is 5.78. The molecule has 6 heteroatoms. The molecule has 0 aliphatic carbocycles. The number of amides is 1. The summed E-state index contributed by atoms with van der Waals surface area (Å²) in [6.45, 7) is 0.809. The lowest BCUT2D eigenvalue weighted by Gasteiger charge is -2.09. The summed E-state index contributed by atoms with van der Waals surface area (Å²) < 4.78 is 10.0. The van der Waals surface area contributed by atoms with Crippen molar-refractivity contribution in [3.63, 3.8) is 0 Å². The summed E-state index contributed by atoms with van der Waals surface area (Å²) in [5.41, 5.74) is 6.11. The molecule has 0 atom stereocenters. The Morgan fingerprint density at radius 2 is 2.29 bits per heavy atom. The molecule has 0 bridgehead atoms. The largest absolute Gasteiger partial charge is 0.482 e. The van der Waals surface area contributed by atoms with E-state index in [2.05, 4.69) is 5.32 Å². The molecule has 0 aliphatic heterocycles. The van der Waals surface area contributed by atoms with E-state index in [-0.39, 0.29) is 12.5 Å². The molecule has 3 N–H and O–H groups in total. The lowest BCUT2D eigenvalue weighted by molar-refractivity contribution is -0.123. The van der Waals surface area contributed by atoms with Crippen LogP contribution >= 0.6 is 11.6 Å². The van der Waals surface area contributed by atoms with Crippen LogP contribution in [0.4, 0.5) is 5.69 Å². The van der Waals surface area contributed by atoms with Gasteiger partial charge in [0, 0.05) is 24.7 Å². The Hall–Kier alpha value is -1.46. The first-order valence-corrected chi connectivity index (χ1v) is 5.44. The standard InChI is InChI=1S/C11H15ClN2O3/c1-16-5-4-14-11(15)7-17-10-6-8(12)2-3-9(10)13/h2-3,6H,4-5,7,13H2,1H3,(H,14,15). The highest BCUT2D eigenvalue weighted by molar-refractivity contribution is 6.30. The molecule has 0 saturated carbocycles. The van der Waals surface area contributed by atoms with Gasteiger partial charge in [0.05, 0.1) is 12.3 Å². The van der Waals surface area contributed by atoms with Crippen molar-refractivity contribution in [2.24, 2.45) is 0 Å². The first kappa shape index (κ1) is 13.6. The number of anilines is 1. The maximum Gasteiger partial charge on any atom is 0.258 e. The molecule has 0 unspecified atom stereocenters. The zero-order chi connectivity index (χ0) is 12.7. The number of hydrogen-bond donors (Lipinski definition) is 2. The van der Waals surface area contributed by atoms with Crippen molar-refractivity contribution in [3.05, 3.63) is 23.2 Å². The van der Waals surface area contributed by atoms with Crippen molar-refractivity contribution < 1.29 is 14.3 Å². The van der Waals surface area contributed by atoms with Crippen LogP contribution in [0.15, 0.2) is 18.2 Å². The molecular weight excluding hydrogens is 244 g/mol. The van der Waals surface area contributed by atoms with E-state index in [9.17, 15) is 4.79 Å². The molecule has 1 amide bonds. The van der Waals surface area contributed by atoms with Crippen LogP contribution in [-0.2, 0) is 9.53 Å². The number of halogens is 1. The fourth-order valence-corrected chi connectivity index (χ4v) is 1.28. The maximum atomic E-state index is 11.3. The number of nitrogens with two attached hydrogens (primary N) is 1. The van der Waals surface area contributed by atoms with Gasteiger partial charge in [-0.15, -0.1) is 0 Å². The van der Waals surface area contributed by atoms with Gasteiger partial charge in [-0.1, -0.05) is 11.6 Å². The Kier molecular flexibility index (Phi) is 5.59. The van der Waals surface area contributed by atoms with E-state index in [1.54, 1.807) is 25.3 Å². The van der Waals surface area contributed by atoms with Crippen LogP contribution in [0.3, 0.4) is 0 Å². The van der Waals surface area contributed by atoms with Gasteiger partial charge in [-0.05, 0) is 12.1 Å². The van der Waals surface area contributed by atoms with Gasteiger partial charge in [0.25, 0.3) is 5.91 Å². The monoisotopic (exact) mass is 258 g/mol. The molecule has 5 nitrogen and oxygen atoms in total. The smallest absolute Gasteiger partial charge is 0.258 e. The molecule has 1 aromatic carbocycles. The average molecular weight is 259 g/mol. The van der Waals surface area contributed by atoms with Crippen LogP contribution in [0.2, 0.25) is 5.02 Å². The number of ether oxygens (including phenoxy) is 2. The SMILES string of the molecule is COCCNC(=O)COc1cc(Cl)ccc1N. The molecule has 0 aromatic heterocycles. The third-order valence-electron chi connectivity index (χ3n) is 1.96. The molecule has 0 radical (unpaired) electrons. The van der Waals surface area contributed by atoms with Crippen LogP contribution in [0.25, 0.3) is 0 Å². The van der Waals surface area contributed by atoms with E-state index in [1.165, 1.54) is 0 Å². The summed E-state index contributed by atoms with van der Waals surface area (Å²) in [5, 5.41) is 3.13. The van der Waals surface area contributed by atoms with Crippen LogP contribution in [-0.4, -0.2) is 32.8 Å². The Morgan fingerprint density at radius 3 is 3.00 bits per heavy atom. The van der Waals surface area contributed by atoms with Gasteiger partial charge in [-0.3, -0.25) is 4.79 Å². The molecule has 1 aromatic rings. The summed E-state index contributed by atoms with van der Waals surface area (Å²) in [4.78, 5) is 11.3. The van der Waals surface area contributed by atoms with E-state index < -0.39 is 0 Å². The second kappa shape index (κ2) is 6.98. The van der Waals surface area contributed by atoms with Crippen molar-refractivity contribution in [1.82, 2.24) is 5.32 Å². The minimum atomic E-state index is -0.235. The van der Waals surface area contributed by atoms with Gasteiger partial charge in [0.1, 0.15) is 5.75 Å².